The summed E-state index contributed by atoms with van der Waals surface area (Å²) in [5, 5.41) is 16.9. The van der Waals surface area contributed by atoms with E-state index < -0.39 is 17.4 Å². The van der Waals surface area contributed by atoms with Crippen LogP contribution in [0.1, 0.15) is 22.1 Å². The molecular formula is C6H10Na2O4. The van der Waals surface area contributed by atoms with E-state index in [0.717, 1.165) is 0 Å². The van der Waals surface area contributed by atoms with E-state index in [1.165, 1.54) is 0 Å². The number of carboxylic acids is 2. The molecule has 0 radical (unpaired) electrons. The van der Waals surface area contributed by atoms with Gasteiger partial charge in [-0.05, 0) is 19.3 Å². The summed E-state index contributed by atoms with van der Waals surface area (Å²) in [6.07, 6.45) is 1.26. The van der Waals surface area contributed by atoms with E-state index in [2.05, 4.69) is 0 Å². The molecule has 1 aliphatic carbocycles. The third-order valence-electron chi connectivity index (χ3n) is 2.03. The molecule has 0 unspecified atom stereocenters. The maximum atomic E-state index is 10.4. The molecule has 0 saturated heterocycles. The Labute approximate surface area is 117 Å². The molecule has 1 saturated carbocycles. The van der Waals surface area contributed by atoms with Gasteiger partial charge in [0.25, 0.3) is 0 Å². The van der Waals surface area contributed by atoms with Gasteiger partial charge in [0, 0.05) is 0 Å². The van der Waals surface area contributed by atoms with Crippen molar-refractivity contribution in [3.63, 3.8) is 0 Å². The molecule has 12 heavy (non-hydrogen) atoms. The Morgan fingerprint density at radius 1 is 1.08 bits per heavy atom. The summed E-state index contributed by atoms with van der Waals surface area (Å²) in [6.45, 7) is 0. The van der Waals surface area contributed by atoms with Gasteiger partial charge in [0.1, 0.15) is 0 Å². The normalized spacial score (nSPS) is 17.7. The summed E-state index contributed by atoms with van der Waals surface area (Å²) < 4.78 is 0. The van der Waals surface area contributed by atoms with Crippen molar-refractivity contribution in [2.75, 3.05) is 0 Å². The van der Waals surface area contributed by atoms with Gasteiger partial charge in [0.15, 0.2) is 5.41 Å². The molecule has 0 bridgehead atoms. The minimum atomic E-state index is -1.44. The van der Waals surface area contributed by atoms with Crippen molar-refractivity contribution in [3.05, 3.63) is 0 Å². The number of aliphatic carboxylic acids is 2. The quantitative estimate of drug-likeness (QED) is 0.338. The van der Waals surface area contributed by atoms with Gasteiger partial charge in [-0.1, -0.05) is 0 Å². The third-order valence-corrected chi connectivity index (χ3v) is 2.03. The Bertz CT molecular complexity index is 180. The van der Waals surface area contributed by atoms with Gasteiger partial charge in [-0.15, -0.1) is 0 Å². The Morgan fingerprint density at radius 2 is 1.42 bits per heavy atom. The summed E-state index contributed by atoms with van der Waals surface area (Å²) in [4.78, 5) is 20.7. The zero-order chi connectivity index (χ0) is 7.78. The maximum Gasteiger partial charge on any atom is 1.00 e. The second kappa shape index (κ2) is 5.62. The van der Waals surface area contributed by atoms with Crippen molar-refractivity contribution in [3.8, 4) is 0 Å². The summed E-state index contributed by atoms with van der Waals surface area (Å²) in [5.41, 5.74) is -1.44. The van der Waals surface area contributed by atoms with Crippen LogP contribution in [0.4, 0.5) is 0 Å². The zero-order valence-electron chi connectivity index (χ0n) is 9.33. The molecule has 1 rings (SSSR count). The molecule has 0 amide bonds. The van der Waals surface area contributed by atoms with Crippen LogP contribution in [0.3, 0.4) is 0 Å². The third kappa shape index (κ3) is 2.47. The topological polar surface area (TPSA) is 74.6 Å². The summed E-state index contributed by atoms with van der Waals surface area (Å²) in [5.74, 6) is -2.41. The molecule has 2 N–H and O–H groups in total. The second-order valence-corrected chi connectivity index (χ2v) is 2.55. The zero-order valence-corrected chi connectivity index (χ0v) is 11.3. The van der Waals surface area contributed by atoms with Gasteiger partial charge in [-0.2, -0.15) is 0 Å². The van der Waals surface area contributed by atoms with E-state index in [1.54, 1.807) is 0 Å². The molecule has 0 aliphatic heterocycles. The Hall–Kier alpha value is 0.940. The molecule has 0 atom stereocenters. The van der Waals surface area contributed by atoms with Crippen molar-refractivity contribution >= 4 is 11.9 Å². The van der Waals surface area contributed by atoms with Gasteiger partial charge in [0.05, 0.1) is 0 Å². The molecule has 0 spiro atoms. The monoisotopic (exact) mass is 192 g/mol. The molecule has 0 aromatic heterocycles. The molecule has 0 heterocycles. The SMILES string of the molecule is O=C(O)C1(C(=O)O)CCC1.[H-].[H-].[Na+].[Na+]. The van der Waals surface area contributed by atoms with Crippen LogP contribution in [0.5, 0.6) is 0 Å². The predicted octanol–water partition coefficient (Wildman–Crippen LogP) is -5.44. The first kappa shape index (κ1) is 15.4. The fourth-order valence-corrected chi connectivity index (χ4v) is 1.05. The molecule has 0 aromatic carbocycles. The molecular weight excluding hydrogens is 182 g/mol. The van der Waals surface area contributed by atoms with E-state index in [0.29, 0.717) is 6.42 Å². The minimum Gasteiger partial charge on any atom is -1.00 e. The number of carboxylic acid groups (broad SMARTS) is 2. The average molecular weight is 192 g/mol. The first-order valence-electron chi connectivity index (χ1n) is 3.06. The van der Waals surface area contributed by atoms with Gasteiger partial charge >= 0.3 is 71.1 Å². The van der Waals surface area contributed by atoms with Gasteiger partial charge in [0.2, 0.25) is 0 Å². The van der Waals surface area contributed by atoms with Crippen molar-refractivity contribution in [2.24, 2.45) is 5.41 Å². The van der Waals surface area contributed by atoms with Crippen LogP contribution in [0.15, 0.2) is 0 Å². The molecule has 1 aliphatic rings. The van der Waals surface area contributed by atoms with Gasteiger partial charge in [-0.3, -0.25) is 9.59 Å². The molecule has 1 fully saturated rings. The van der Waals surface area contributed by atoms with E-state index >= 15 is 0 Å². The number of hydrogen-bond acceptors (Lipinski definition) is 2. The van der Waals surface area contributed by atoms with Crippen molar-refractivity contribution in [1.29, 1.82) is 0 Å². The summed E-state index contributed by atoms with van der Waals surface area (Å²) in [6, 6.07) is 0. The predicted molar refractivity (Wildman–Crippen MR) is 33.8 cm³/mol. The van der Waals surface area contributed by atoms with E-state index in [9.17, 15) is 9.59 Å². The van der Waals surface area contributed by atoms with Crippen LogP contribution in [0, 0.1) is 5.41 Å². The number of rotatable bonds is 2. The van der Waals surface area contributed by atoms with Crippen LogP contribution >= 0.6 is 0 Å². The Kier molecular flexibility index (Phi) is 7.22. The van der Waals surface area contributed by atoms with Gasteiger partial charge in [-0.25, -0.2) is 0 Å². The Morgan fingerprint density at radius 3 is 1.42 bits per heavy atom. The van der Waals surface area contributed by atoms with Crippen molar-refractivity contribution in [1.82, 2.24) is 0 Å². The number of hydrogen-bond donors (Lipinski definition) is 2. The van der Waals surface area contributed by atoms with E-state index in [4.69, 9.17) is 10.2 Å². The van der Waals surface area contributed by atoms with E-state index in [1.807, 2.05) is 0 Å². The number of carbonyl (C=O) groups is 2. The van der Waals surface area contributed by atoms with Crippen LogP contribution in [0.2, 0.25) is 0 Å². The molecule has 6 heteroatoms. The van der Waals surface area contributed by atoms with E-state index in [-0.39, 0.29) is 74.8 Å². The maximum absolute atomic E-state index is 10.4. The second-order valence-electron chi connectivity index (χ2n) is 2.55. The van der Waals surface area contributed by atoms with Crippen LogP contribution in [0.25, 0.3) is 0 Å². The first-order chi connectivity index (χ1) is 4.59. The van der Waals surface area contributed by atoms with Crippen LogP contribution < -0.4 is 59.1 Å². The molecule has 0 aromatic rings. The van der Waals surface area contributed by atoms with Crippen molar-refractivity contribution in [2.45, 2.75) is 19.3 Å². The van der Waals surface area contributed by atoms with Crippen LogP contribution in [-0.2, 0) is 9.59 Å². The van der Waals surface area contributed by atoms with Gasteiger partial charge < -0.3 is 13.1 Å². The van der Waals surface area contributed by atoms with Crippen LogP contribution in [-0.4, -0.2) is 22.2 Å². The molecule has 60 valence electrons. The van der Waals surface area contributed by atoms with Crippen molar-refractivity contribution < 1.29 is 81.8 Å². The summed E-state index contributed by atoms with van der Waals surface area (Å²) >= 11 is 0. The standard InChI is InChI=1S/C6H8O4.2Na.2H/c7-4(8)6(5(9)10)2-1-3-6;;;;/h1-3H2,(H,7,8)(H,9,10);;;;/q;2*+1;2*-1. The fraction of sp³-hybridized carbons (Fsp3) is 0.667. The minimum absolute atomic E-state index is 0. The molecule has 4 nitrogen and oxygen atoms in total. The largest absolute Gasteiger partial charge is 1.00 e. The first-order valence-corrected chi connectivity index (χ1v) is 3.06. The summed E-state index contributed by atoms with van der Waals surface area (Å²) in [7, 11) is 0. The smallest absolute Gasteiger partial charge is 1.00 e. The fourth-order valence-electron chi connectivity index (χ4n) is 1.05. The Balaban J connectivity index is -0.000000125. The average Bonchev–Trinajstić information content (AvgIpc) is 1.57.